The maximum atomic E-state index is 6.35. The molecular formula is C27H30N6O2S. The lowest BCUT2D eigenvalue weighted by Crippen LogP contribution is -2.37. The highest BCUT2D eigenvalue weighted by atomic mass is 32.2. The lowest BCUT2D eigenvalue weighted by atomic mass is 9.99. The Kier molecular flexibility index (Phi) is 5.71. The molecule has 0 atom stereocenters. The van der Waals surface area contributed by atoms with Gasteiger partial charge in [0, 0.05) is 68.2 Å². The minimum absolute atomic E-state index is 0.626. The van der Waals surface area contributed by atoms with E-state index < -0.39 is 0 Å². The first kappa shape index (κ1) is 22.3. The van der Waals surface area contributed by atoms with Gasteiger partial charge in [0.1, 0.15) is 5.52 Å². The maximum Gasteiger partial charge on any atom is 0.229 e. The van der Waals surface area contributed by atoms with Gasteiger partial charge in [-0.05, 0) is 42.2 Å². The number of aryl methyl sites for hydroxylation is 1. The molecule has 0 bridgehead atoms. The molecule has 3 aliphatic heterocycles. The van der Waals surface area contributed by atoms with E-state index in [1.54, 1.807) is 0 Å². The van der Waals surface area contributed by atoms with Gasteiger partial charge in [0.2, 0.25) is 5.71 Å². The van der Waals surface area contributed by atoms with Crippen molar-refractivity contribution in [3.63, 3.8) is 0 Å². The van der Waals surface area contributed by atoms with E-state index in [0.29, 0.717) is 18.9 Å². The molecule has 4 aromatic rings. The number of anilines is 2. The van der Waals surface area contributed by atoms with E-state index in [0.717, 1.165) is 79.4 Å². The number of hydrogen-bond acceptors (Lipinski definition) is 9. The van der Waals surface area contributed by atoms with Gasteiger partial charge in [0.15, 0.2) is 17.2 Å². The number of aromatic nitrogens is 3. The molecule has 7 rings (SSSR count). The summed E-state index contributed by atoms with van der Waals surface area (Å²) in [7, 11) is 0. The summed E-state index contributed by atoms with van der Waals surface area (Å²) in [5.74, 6) is 4.00. The zero-order chi connectivity index (χ0) is 24.1. The molecule has 2 saturated heterocycles. The van der Waals surface area contributed by atoms with Gasteiger partial charge in [-0.15, -0.1) is 0 Å². The molecule has 6 heterocycles. The van der Waals surface area contributed by atoms with Crippen LogP contribution in [0.4, 0.5) is 11.5 Å². The van der Waals surface area contributed by atoms with Crippen molar-refractivity contribution >= 4 is 45.5 Å². The SMILES string of the molecule is Cc1ccc2c(c1-c1nc(N3CCOCC3)c3oc4ncc(CN5CCSCC5)cc4c3n1)CCN2. The number of benzene rings is 1. The quantitative estimate of drug-likeness (QED) is 0.444. The molecule has 3 aliphatic rings. The second-order valence-electron chi connectivity index (χ2n) is 9.80. The Hall–Kier alpha value is -2.88. The first-order valence-electron chi connectivity index (χ1n) is 12.8. The molecule has 0 aliphatic carbocycles. The largest absolute Gasteiger partial charge is 0.432 e. The number of rotatable bonds is 4. The molecule has 3 aromatic heterocycles. The fourth-order valence-corrected chi connectivity index (χ4v) is 6.57. The standard InChI is InChI=1S/C27H30N6O2S/c1-17-2-3-21-19(4-5-28-21)22(17)25-30-23-20-14-18(16-32-8-12-36-13-9-32)15-29-27(20)35-24(23)26(31-25)33-6-10-34-11-7-33/h2-3,14-15,28H,4-13,16H2,1H3. The minimum atomic E-state index is 0.626. The molecule has 1 N–H and O–H groups in total. The zero-order valence-corrected chi connectivity index (χ0v) is 21.4. The van der Waals surface area contributed by atoms with Crippen LogP contribution < -0.4 is 10.2 Å². The molecule has 36 heavy (non-hydrogen) atoms. The summed E-state index contributed by atoms with van der Waals surface area (Å²) in [5.41, 5.74) is 8.22. The predicted octanol–water partition coefficient (Wildman–Crippen LogP) is 4.10. The Morgan fingerprint density at radius 2 is 1.94 bits per heavy atom. The zero-order valence-electron chi connectivity index (χ0n) is 20.5. The summed E-state index contributed by atoms with van der Waals surface area (Å²) in [6.45, 7) is 9.16. The van der Waals surface area contributed by atoms with Gasteiger partial charge in [-0.3, -0.25) is 4.90 Å². The van der Waals surface area contributed by atoms with E-state index in [1.807, 2.05) is 18.0 Å². The van der Waals surface area contributed by atoms with Crippen LogP contribution in [0.25, 0.3) is 33.6 Å². The van der Waals surface area contributed by atoms with Crippen molar-refractivity contribution in [2.45, 2.75) is 19.9 Å². The van der Waals surface area contributed by atoms with E-state index in [1.165, 1.54) is 33.9 Å². The Morgan fingerprint density at radius 3 is 2.81 bits per heavy atom. The Labute approximate surface area is 214 Å². The number of fused-ring (bicyclic) bond motifs is 4. The van der Waals surface area contributed by atoms with Crippen LogP contribution >= 0.6 is 11.8 Å². The second kappa shape index (κ2) is 9.21. The van der Waals surface area contributed by atoms with Crippen LogP contribution in [0, 0.1) is 6.92 Å². The van der Waals surface area contributed by atoms with Crippen molar-refractivity contribution in [1.82, 2.24) is 19.9 Å². The van der Waals surface area contributed by atoms with Crippen molar-refractivity contribution < 1.29 is 9.15 Å². The lowest BCUT2D eigenvalue weighted by Gasteiger charge is -2.28. The van der Waals surface area contributed by atoms with E-state index in [-0.39, 0.29) is 0 Å². The molecular weight excluding hydrogens is 472 g/mol. The number of hydrogen-bond donors (Lipinski definition) is 1. The average molecular weight is 503 g/mol. The number of ether oxygens (including phenoxy) is 1. The van der Waals surface area contributed by atoms with E-state index in [4.69, 9.17) is 24.1 Å². The topological polar surface area (TPSA) is 79.6 Å². The Morgan fingerprint density at radius 1 is 1.08 bits per heavy atom. The number of nitrogens with zero attached hydrogens (tertiary/aromatic N) is 5. The first-order chi connectivity index (χ1) is 17.7. The van der Waals surface area contributed by atoms with Crippen LogP contribution in [-0.4, -0.2) is 77.3 Å². The van der Waals surface area contributed by atoms with Crippen LogP contribution in [0.15, 0.2) is 28.8 Å². The highest BCUT2D eigenvalue weighted by molar-refractivity contribution is 7.99. The normalized spacial score (nSPS) is 18.6. The van der Waals surface area contributed by atoms with Crippen LogP contribution in [0.3, 0.4) is 0 Å². The van der Waals surface area contributed by atoms with Crippen molar-refractivity contribution in [1.29, 1.82) is 0 Å². The summed E-state index contributed by atoms with van der Waals surface area (Å²) < 4.78 is 12.0. The number of thioether (sulfide) groups is 1. The fourth-order valence-electron chi connectivity index (χ4n) is 5.59. The van der Waals surface area contributed by atoms with Gasteiger partial charge < -0.3 is 19.4 Å². The van der Waals surface area contributed by atoms with Crippen molar-refractivity contribution in [3.8, 4) is 11.4 Å². The summed E-state index contributed by atoms with van der Waals surface area (Å²) in [5, 5.41) is 4.47. The fraction of sp³-hybridized carbons (Fsp3) is 0.444. The highest BCUT2D eigenvalue weighted by Gasteiger charge is 2.26. The summed E-state index contributed by atoms with van der Waals surface area (Å²) >= 11 is 2.03. The van der Waals surface area contributed by atoms with Crippen LogP contribution in [-0.2, 0) is 17.7 Å². The Balaban J connectivity index is 1.41. The monoisotopic (exact) mass is 502 g/mol. The molecule has 2 fully saturated rings. The van der Waals surface area contributed by atoms with Gasteiger partial charge in [0.25, 0.3) is 0 Å². The molecule has 8 nitrogen and oxygen atoms in total. The smallest absolute Gasteiger partial charge is 0.229 e. The van der Waals surface area contributed by atoms with Crippen molar-refractivity contribution in [2.24, 2.45) is 0 Å². The molecule has 0 saturated carbocycles. The molecule has 1 aromatic carbocycles. The molecule has 0 radical (unpaired) electrons. The van der Waals surface area contributed by atoms with E-state index >= 15 is 0 Å². The second-order valence-corrected chi connectivity index (χ2v) is 11.0. The minimum Gasteiger partial charge on any atom is -0.432 e. The molecule has 0 unspecified atom stereocenters. The highest BCUT2D eigenvalue weighted by Crippen LogP contribution is 2.39. The first-order valence-corrected chi connectivity index (χ1v) is 14.0. The average Bonchev–Trinajstić information content (AvgIpc) is 3.54. The lowest BCUT2D eigenvalue weighted by molar-refractivity contribution is 0.122. The van der Waals surface area contributed by atoms with E-state index in [9.17, 15) is 0 Å². The predicted molar refractivity (Wildman–Crippen MR) is 145 cm³/mol. The third kappa shape index (κ3) is 3.90. The summed E-state index contributed by atoms with van der Waals surface area (Å²) in [4.78, 5) is 19.8. The third-order valence-electron chi connectivity index (χ3n) is 7.47. The third-order valence-corrected chi connectivity index (χ3v) is 8.41. The van der Waals surface area contributed by atoms with E-state index in [2.05, 4.69) is 40.2 Å². The number of furan rings is 1. The van der Waals surface area contributed by atoms with Gasteiger partial charge in [-0.1, -0.05) is 6.07 Å². The van der Waals surface area contributed by atoms with Crippen molar-refractivity contribution in [3.05, 3.63) is 41.1 Å². The molecule has 9 heteroatoms. The number of nitrogens with one attached hydrogen (secondary N) is 1. The van der Waals surface area contributed by atoms with Crippen LogP contribution in [0.1, 0.15) is 16.7 Å². The summed E-state index contributed by atoms with van der Waals surface area (Å²) in [6, 6.07) is 6.56. The molecule has 0 amide bonds. The number of pyridine rings is 1. The van der Waals surface area contributed by atoms with Gasteiger partial charge >= 0.3 is 0 Å². The van der Waals surface area contributed by atoms with Gasteiger partial charge in [-0.25, -0.2) is 15.0 Å². The van der Waals surface area contributed by atoms with Crippen LogP contribution in [0.5, 0.6) is 0 Å². The van der Waals surface area contributed by atoms with Gasteiger partial charge in [-0.2, -0.15) is 11.8 Å². The summed E-state index contributed by atoms with van der Waals surface area (Å²) in [6.07, 6.45) is 2.93. The number of morpholine rings is 1. The Bertz CT molecular complexity index is 1440. The maximum absolute atomic E-state index is 6.35. The van der Waals surface area contributed by atoms with Gasteiger partial charge in [0.05, 0.1) is 18.6 Å². The van der Waals surface area contributed by atoms with Crippen molar-refractivity contribution in [2.75, 3.05) is 67.7 Å². The van der Waals surface area contributed by atoms with Crippen LogP contribution in [0.2, 0.25) is 0 Å². The molecule has 186 valence electrons. The molecule has 0 spiro atoms.